The molecule has 0 N–H and O–H groups in total. The van der Waals surface area contributed by atoms with Crippen molar-refractivity contribution in [3.8, 4) is 11.3 Å². The van der Waals surface area contributed by atoms with Crippen molar-refractivity contribution in [3.63, 3.8) is 0 Å². The van der Waals surface area contributed by atoms with Crippen molar-refractivity contribution in [3.05, 3.63) is 78.1 Å². The van der Waals surface area contributed by atoms with Crippen LogP contribution >= 0.6 is 0 Å². The van der Waals surface area contributed by atoms with Gasteiger partial charge in [-0.25, -0.2) is 9.97 Å². The Hall–Kier alpha value is -3.21. The van der Waals surface area contributed by atoms with Crippen LogP contribution in [-0.2, 0) is 11.2 Å². The van der Waals surface area contributed by atoms with Gasteiger partial charge in [-0.1, -0.05) is 54.6 Å². The van der Waals surface area contributed by atoms with E-state index in [-0.39, 0.29) is 5.91 Å². The first kappa shape index (κ1) is 18.2. The van der Waals surface area contributed by atoms with Crippen LogP contribution in [0.25, 0.3) is 11.3 Å². The maximum absolute atomic E-state index is 12.7. The smallest absolute Gasteiger partial charge is 0.227 e. The quantitative estimate of drug-likeness (QED) is 0.705. The van der Waals surface area contributed by atoms with E-state index >= 15 is 0 Å². The Balaban J connectivity index is 1.39. The summed E-state index contributed by atoms with van der Waals surface area (Å²) in [5.41, 5.74) is 4.28. The molecule has 0 radical (unpaired) electrons. The summed E-state index contributed by atoms with van der Waals surface area (Å²) in [5.74, 6) is 1.11. The second-order valence-electron chi connectivity index (χ2n) is 7.10. The van der Waals surface area contributed by atoms with E-state index < -0.39 is 0 Å². The lowest BCUT2D eigenvalue weighted by atomic mass is 10.1. The number of hydrogen-bond acceptors (Lipinski definition) is 4. The number of nitrogens with zero attached hydrogens (tertiary/aromatic N) is 4. The molecule has 5 heteroatoms. The van der Waals surface area contributed by atoms with E-state index in [9.17, 15) is 4.79 Å². The van der Waals surface area contributed by atoms with Gasteiger partial charge in [-0.2, -0.15) is 0 Å². The Labute approximate surface area is 165 Å². The molecule has 28 heavy (non-hydrogen) atoms. The van der Waals surface area contributed by atoms with E-state index in [0.29, 0.717) is 6.42 Å². The molecule has 4 rings (SSSR count). The summed E-state index contributed by atoms with van der Waals surface area (Å²) in [6.45, 7) is 5.06. The molecule has 0 bridgehead atoms. The number of amides is 1. The third kappa shape index (κ3) is 4.03. The van der Waals surface area contributed by atoms with Crippen LogP contribution in [0, 0.1) is 6.92 Å². The van der Waals surface area contributed by atoms with E-state index in [4.69, 9.17) is 0 Å². The Bertz CT molecular complexity index is 950. The fourth-order valence-electron chi connectivity index (χ4n) is 3.55. The lowest BCUT2D eigenvalue weighted by Gasteiger charge is -2.35. The number of aromatic nitrogens is 2. The maximum Gasteiger partial charge on any atom is 0.227 e. The predicted octanol–water partition coefficient (Wildman–Crippen LogP) is 3.34. The summed E-state index contributed by atoms with van der Waals surface area (Å²) >= 11 is 0. The number of hydrogen-bond donors (Lipinski definition) is 0. The molecule has 1 aliphatic heterocycles. The summed E-state index contributed by atoms with van der Waals surface area (Å²) in [7, 11) is 0. The lowest BCUT2D eigenvalue weighted by Crippen LogP contribution is -2.49. The van der Waals surface area contributed by atoms with Crippen molar-refractivity contribution < 1.29 is 4.79 Å². The molecule has 2 heterocycles. The second-order valence-corrected chi connectivity index (χ2v) is 7.10. The maximum atomic E-state index is 12.7. The van der Waals surface area contributed by atoms with Crippen LogP contribution in [0.1, 0.15) is 11.1 Å². The second kappa shape index (κ2) is 8.21. The van der Waals surface area contributed by atoms with E-state index in [1.165, 1.54) is 5.56 Å². The zero-order valence-electron chi connectivity index (χ0n) is 16.1. The van der Waals surface area contributed by atoms with Crippen molar-refractivity contribution >= 4 is 11.7 Å². The Morgan fingerprint density at radius 2 is 1.64 bits per heavy atom. The lowest BCUT2D eigenvalue weighted by molar-refractivity contribution is -0.130. The van der Waals surface area contributed by atoms with Gasteiger partial charge in [-0.3, -0.25) is 4.79 Å². The number of carbonyl (C=O) groups is 1. The highest BCUT2D eigenvalue weighted by molar-refractivity contribution is 5.79. The van der Waals surface area contributed by atoms with Crippen LogP contribution in [-0.4, -0.2) is 47.0 Å². The molecule has 0 aliphatic carbocycles. The van der Waals surface area contributed by atoms with Gasteiger partial charge in [-0.15, -0.1) is 0 Å². The van der Waals surface area contributed by atoms with Gasteiger partial charge in [0, 0.05) is 37.8 Å². The highest BCUT2D eigenvalue weighted by Gasteiger charge is 2.22. The fraction of sp³-hybridized carbons (Fsp3) is 0.261. The van der Waals surface area contributed by atoms with Gasteiger partial charge in [0.25, 0.3) is 0 Å². The Morgan fingerprint density at radius 1 is 0.929 bits per heavy atom. The molecule has 3 aromatic rings. The minimum absolute atomic E-state index is 0.196. The van der Waals surface area contributed by atoms with Gasteiger partial charge >= 0.3 is 0 Å². The number of rotatable bonds is 4. The first-order chi connectivity index (χ1) is 13.7. The van der Waals surface area contributed by atoms with E-state index in [1.807, 2.05) is 59.5 Å². The van der Waals surface area contributed by atoms with Gasteiger partial charge in [0.05, 0.1) is 12.1 Å². The summed E-state index contributed by atoms with van der Waals surface area (Å²) in [5, 5.41) is 0. The number of aryl methyl sites for hydroxylation is 1. The Kier molecular flexibility index (Phi) is 5.33. The molecule has 0 spiro atoms. The van der Waals surface area contributed by atoms with Gasteiger partial charge in [0.1, 0.15) is 12.1 Å². The Morgan fingerprint density at radius 3 is 2.39 bits per heavy atom. The molecule has 1 aromatic heterocycles. The number of anilines is 1. The van der Waals surface area contributed by atoms with Crippen molar-refractivity contribution in [2.45, 2.75) is 13.3 Å². The molecule has 1 amide bonds. The topological polar surface area (TPSA) is 49.3 Å². The molecule has 5 nitrogen and oxygen atoms in total. The summed E-state index contributed by atoms with van der Waals surface area (Å²) in [4.78, 5) is 25.7. The van der Waals surface area contributed by atoms with Crippen LogP contribution in [0.5, 0.6) is 0 Å². The summed E-state index contributed by atoms with van der Waals surface area (Å²) in [6.07, 6.45) is 2.09. The number of piperazine rings is 1. The number of carbonyl (C=O) groups excluding carboxylic acids is 1. The van der Waals surface area contributed by atoms with Crippen LogP contribution in [0.3, 0.4) is 0 Å². The molecular weight excluding hydrogens is 348 g/mol. The van der Waals surface area contributed by atoms with E-state index in [1.54, 1.807) is 6.33 Å². The highest BCUT2D eigenvalue weighted by atomic mass is 16.2. The predicted molar refractivity (Wildman–Crippen MR) is 111 cm³/mol. The molecule has 1 saturated heterocycles. The fourth-order valence-corrected chi connectivity index (χ4v) is 3.55. The van der Waals surface area contributed by atoms with Crippen molar-refractivity contribution in [1.29, 1.82) is 0 Å². The van der Waals surface area contributed by atoms with Crippen molar-refractivity contribution in [2.24, 2.45) is 0 Å². The summed E-state index contributed by atoms with van der Waals surface area (Å²) in [6, 6.07) is 20.2. The van der Waals surface area contributed by atoms with Gasteiger partial charge in [0.15, 0.2) is 0 Å². The molecule has 142 valence electrons. The van der Waals surface area contributed by atoms with Crippen LogP contribution in [0.2, 0.25) is 0 Å². The monoisotopic (exact) mass is 372 g/mol. The van der Waals surface area contributed by atoms with Gasteiger partial charge < -0.3 is 9.80 Å². The standard InChI is InChI=1S/C23H24N4O/c1-18-7-5-6-10-20(18)15-23(28)27-13-11-26(12-14-27)22-16-21(24-17-25-22)19-8-3-2-4-9-19/h2-10,16-17H,11-15H2,1H3. The van der Waals surface area contributed by atoms with Gasteiger partial charge in [-0.05, 0) is 18.1 Å². The minimum Gasteiger partial charge on any atom is -0.353 e. The average Bonchev–Trinajstić information content (AvgIpc) is 2.76. The normalized spacial score (nSPS) is 14.2. The molecule has 1 aliphatic rings. The van der Waals surface area contributed by atoms with Crippen LogP contribution < -0.4 is 4.90 Å². The molecule has 0 atom stereocenters. The third-order valence-corrected chi connectivity index (χ3v) is 5.28. The molecule has 0 saturated carbocycles. The largest absolute Gasteiger partial charge is 0.353 e. The highest BCUT2D eigenvalue weighted by Crippen LogP contribution is 2.21. The van der Waals surface area contributed by atoms with E-state index in [0.717, 1.165) is 48.8 Å². The van der Waals surface area contributed by atoms with Crippen molar-refractivity contribution in [2.75, 3.05) is 31.1 Å². The van der Waals surface area contributed by atoms with Gasteiger partial charge in [0.2, 0.25) is 5.91 Å². The molecule has 2 aromatic carbocycles. The molecule has 1 fully saturated rings. The van der Waals surface area contributed by atoms with Crippen LogP contribution in [0.15, 0.2) is 67.0 Å². The molecule has 0 unspecified atom stereocenters. The van der Waals surface area contributed by atoms with Crippen molar-refractivity contribution in [1.82, 2.24) is 14.9 Å². The zero-order valence-corrected chi connectivity index (χ0v) is 16.1. The number of benzene rings is 2. The minimum atomic E-state index is 0.196. The van der Waals surface area contributed by atoms with E-state index in [2.05, 4.69) is 27.9 Å². The average molecular weight is 372 g/mol. The first-order valence-electron chi connectivity index (χ1n) is 9.65. The summed E-state index contributed by atoms with van der Waals surface area (Å²) < 4.78 is 0. The molecular formula is C23H24N4O. The van der Waals surface area contributed by atoms with Crippen LogP contribution in [0.4, 0.5) is 5.82 Å². The zero-order chi connectivity index (χ0) is 19.3. The SMILES string of the molecule is Cc1ccccc1CC(=O)N1CCN(c2cc(-c3ccccc3)ncn2)CC1. The first-order valence-corrected chi connectivity index (χ1v) is 9.65. The third-order valence-electron chi connectivity index (χ3n) is 5.28.